The van der Waals surface area contributed by atoms with Gasteiger partial charge in [-0.1, -0.05) is 43.7 Å². The molecule has 0 saturated heterocycles. The number of hydrogen-bond donors (Lipinski definition) is 0. The van der Waals surface area contributed by atoms with Gasteiger partial charge in [0.2, 0.25) is 0 Å². The zero-order valence-electron chi connectivity index (χ0n) is 13.3. The van der Waals surface area contributed by atoms with Crippen LogP contribution in [0.1, 0.15) is 55.5 Å². The smallest absolute Gasteiger partial charge is 0.176 e. The van der Waals surface area contributed by atoms with E-state index in [2.05, 4.69) is 25.8 Å². The molecule has 1 saturated carbocycles. The summed E-state index contributed by atoms with van der Waals surface area (Å²) in [6, 6.07) is 8.47. The minimum Gasteiger partial charge on any atom is -0.296 e. The molecule has 0 radical (unpaired) electrons. The van der Waals surface area contributed by atoms with Crippen LogP contribution in [0.4, 0.5) is 0 Å². The lowest BCUT2D eigenvalue weighted by Gasteiger charge is -2.38. The molecule has 2 rings (SSSR count). The molecule has 1 fully saturated rings. The molecule has 0 aliphatic heterocycles. The molecular weight excluding hydrogens is 246 g/mol. The second kappa shape index (κ2) is 6.09. The number of likely N-dealkylation sites (N-methyl/N-ethyl adjacent to an activating group) is 1. The van der Waals surface area contributed by atoms with Crippen molar-refractivity contribution >= 4 is 5.78 Å². The molecule has 0 atom stereocenters. The highest BCUT2D eigenvalue weighted by Crippen LogP contribution is 2.36. The lowest BCUT2D eigenvalue weighted by atomic mass is 9.75. The van der Waals surface area contributed by atoms with Crippen molar-refractivity contribution in [3.05, 3.63) is 35.4 Å². The van der Waals surface area contributed by atoms with Crippen LogP contribution < -0.4 is 0 Å². The van der Waals surface area contributed by atoms with Crippen LogP contribution in [0.15, 0.2) is 24.3 Å². The van der Waals surface area contributed by atoms with Gasteiger partial charge in [-0.05, 0) is 45.1 Å². The lowest BCUT2D eigenvalue weighted by Crippen LogP contribution is -2.39. The Morgan fingerprint density at radius 1 is 1.20 bits per heavy atom. The lowest BCUT2D eigenvalue weighted by molar-refractivity contribution is 0.0851. The van der Waals surface area contributed by atoms with E-state index in [1.54, 1.807) is 0 Å². The van der Waals surface area contributed by atoms with E-state index in [9.17, 15) is 4.79 Å². The third-order valence-corrected chi connectivity index (χ3v) is 4.70. The molecule has 0 spiro atoms. The molecule has 0 bridgehead atoms. The second-order valence-electron chi connectivity index (χ2n) is 7.10. The maximum Gasteiger partial charge on any atom is 0.176 e. The number of aryl methyl sites for hydroxylation is 1. The van der Waals surface area contributed by atoms with Crippen LogP contribution in [0.5, 0.6) is 0 Å². The van der Waals surface area contributed by atoms with Crippen molar-refractivity contribution in [2.45, 2.75) is 52.5 Å². The summed E-state index contributed by atoms with van der Waals surface area (Å²) in [7, 11) is 2.09. The molecule has 0 heterocycles. The van der Waals surface area contributed by atoms with E-state index in [1.807, 2.05) is 31.2 Å². The molecule has 1 aliphatic carbocycles. The van der Waals surface area contributed by atoms with Crippen LogP contribution in [0, 0.1) is 12.3 Å². The van der Waals surface area contributed by atoms with Crippen molar-refractivity contribution in [2.24, 2.45) is 5.41 Å². The van der Waals surface area contributed by atoms with E-state index in [1.165, 1.54) is 31.2 Å². The van der Waals surface area contributed by atoms with Crippen molar-refractivity contribution in [3.8, 4) is 0 Å². The molecule has 0 amide bonds. The molecule has 1 aromatic carbocycles. The van der Waals surface area contributed by atoms with E-state index < -0.39 is 0 Å². The normalized spacial score (nSPS) is 19.2. The van der Waals surface area contributed by atoms with E-state index >= 15 is 0 Å². The maximum atomic E-state index is 12.3. The van der Waals surface area contributed by atoms with Gasteiger partial charge in [0.05, 0.1) is 6.54 Å². The predicted octanol–water partition coefficient (Wildman–Crippen LogP) is 4.08. The Bertz CT molecular complexity index is 451. The van der Waals surface area contributed by atoms with Gasteiger partial charge in [-0.2, -0.15) is 0 Å². The van der Waals surface area contributed by atoms with E-state index in [0.717, 1.165) is 5.56 Å². The third-order valence-electron chi connectivity index (χ3n) is 4.70. The number of Topliss-reactive ketones (excluding diaryl/α,β-unsaturated/α-hetero) is 1. The van der Waals surface area contributed by atoms with Gasteiger partial charge in [0, 0.05) is 11.6 Å². The average molecular weight is 273 g/mol. The standard InChI is InChI=1S/C18H27NO/c1-14-5-7-15(8-6-14)17(20)13-19(4)16-9-11-18(2,3)12-10-16/h5-8,16H,9-13H2,1-4H3. The Hall–Kier alpha value is -1.15. The van der Waals surface area contributed by atoms with Crippen LogP contribution >= 0.6 is 0 Å². The van der Waals surface area contributed by atoms with Gasteiger partial charge in [-0.15, -0.1) is 0 Å². The summed E-state index contributed by atoms with van der Waals surface area (Å²) in [4.78, 5) is 14.5. The average Bonchev–Trinajstić information content (AvgIpc) is 2.39. The van der Waals surface area contributed by atoms with Crippen LogP contribution in [0.25, 0.3) is 0 Å². The van der Waals surface area contributed by atoms with E-state index in [4.69, 9.17) is 0 Å². The topological polar surface area (TPSA) is 20.3 Å². The zero-order chi connectivity index (χ0) is 14.8. The quantitative estimate of drug-likeness (QED) is 0.770. The van der Waals surface area contributed by atoms with Gasteiger partial charge in [0.1, 0.15) is 0 Å². The highest BCUT2D eigenvalue weighted by Gasteiger charge is 2.29. The highest BCUT2D eigenvalue weighted by molar-refractivity contribution is 5.97. The number of hydrogen-bond acceptors (Lipinski definition) is 2. The number of nitrogens with zero attached hydrogens (tertiary/aromatic N) is 1. The number of carbonyl (C=O) groups excluding carboxylic acids is 1. The molecule has 110 valence electrons. The van der Waals surface area contributed by atoms with Crippen LogP contribution in [-0.4, -0.2) is 30.3 Å². The molecule has 0 unspecified atom stereocenters. The number of benzene rings is 1. The minimum absolute atomic E-state index is 0.234. The number of carbonyl (C=O) groups is 1. The van der Waals surface area contributed by atoms with Crippen LogP contribution in [0.3, 0.4) is 0 Å². The summed E-state index contributed by atoms with van der Waals surface area (Å²) < 4.78 is 0. The van der Waals surface area contributed by atoms with E-state index in [0.29, 0.717) is 18.0 Å². The maximum absolute atomic E-state index is 12.3. The van der Waals surface area contributed by atoms with Crippen molar-refractivity contribution in [3.63, 3.8) is 0 Å². The fourth-order valence-corrected chi connectivity index (χ4v) is 3.01. The fourth-order valence-electron chi connectivity index (χ4n) is 3.01. The molecule has 20 heavy (non-hydrogen) atoms. The first-order valence-corrected chi connectivity index (χ1v) is 7.67. The first-order valence-electron chi connectivity index (χ1n) is 7.67. The fraction of sp³-hybridized carbons (Fsp3) is 0.611. The van der Waals surface area contributed by atoms with Gasteiger partial charge in [0.15, 0.2) is 5.78 Å². The molecule has 1 aliphatic rings. The van der Waals surface area contributed by atoms with Crippen molar-refractivity contribution in [1.29, 1.82) is 0 Å². The predicted molar refractivity (Wildman–Crippen MR) is 84.2 cm³/mol. The summed E-state index contributed by atoms with van der Waals surface area (Å²) in [5.74, 6) is 0.234. The Morgan fingerprint density at radius 2 is 1.75 bits per heavy atom. The molecule has 1 aromatic rings. The Kier molecular flexibility index (Phi) is 4.64. The summed E-state index contributed by atoms with van der Waals surface area (Å²) in [6.45, 7) is 7.28. The van der Waals surface area contributed by atoms with Crippen LogP contribution in [0.2, 0.25) is 0 Å². The summed E-state index contributed by atoms with van der Waals surface area (Å²) in [5.41, 5.74) is 2.51. The summed E-state index contributed by atoms with van der Waals surface area (Å²) in [5, 5.41) is 0. The molecule has 0 N–H and O–H groups in total. The third kappa shape index (κ3) is 3.92. The Morgan fingerprint density at radius 3 is 2.30 bits per heavy atom. The van der Waals surface area contributed by atoms with Gasteiger partial charge in [-0.25, -0.2) is 0 Å². The first-order chi connectivity index (χ1) is 9.37. The minimum atomic E-state index is 0.234. The van der Waals surface area contributed by atoms with Crippen molar-refractivity contribution in [2.75, 3.05) is 13.6 Å². The zero-order valence-corrected chi connectivity index (χ0v) is 13.3. The molecular formula is C18H27NO. The number of ketones is 1. The van der Waals surface area contributed by atoms with E-state index in [-0.39, 0.29) is 5.78 Å². The van der Waals surface area contributed by atoms with Crippen LogP contribution in [-0.2, 0) is 0 Å². The van der Waals surface area contributed by atoms with Crippen molar-refractivity contribution in [1.82, 2.24) is 4.90 Å². The Balaban J connectivity index is 1.90. The number of rotatable bonds is 4. The van der Waals surface area contributed by atoms with Gasteiger partial charge < -0.3 is 0 Å². The first kappa shape index (κ1) is 15.2. The largest absolute Gasteiger partial charge is 0.296 e. The molecule has 0 aromatic heterocycles. The van der Waals surface area contributed by atoms with Gasteiger partial charge >= 0.3 is 0 Å². The summed E-state index contributed by atoms with van der Waals surface area (Å²) >= 11 is 0. The second-order valence-corrected chi connectivity index (χ2v) is 7.10. The Labute approximate surface area is 123 Å². The summed E-state index contributed by atoms with van der Waals surface area (Å²) in [6.07, 6.45) is 4.96. The SMILES string of the molecule is Cc1ccc(C(=O)CN(C)C2CCC(C)(C)CC2)cc1. The highest BCUT2D eigenvalue weighted by atomic mass is 16.1. The molecule has 2 heteroatoms. The monoisotopic (exact) mass is 273 g/mol. The van der Waals surface area contributed by atoms with Gasteiger partial charge in [0.25, 0.3) is 0 Å². The molecule has 2 nitrogen and oxygen atoms in total. The van der Waals surface area contributed by atoms with Crippen molar-refractivity contribution < 1.29 is 4.79 Å². The van der Waals surface area contributed by atoms with Gasteiger partial charge in [-0.3, -0.25) is 9.69 Å².